The summed E-state index contributed by atoms with van der Waals surface area (Å²) in [5.41, 5.74) is 0.979. The number of hydrogen-bond donors (Lipinski definition) is 1. The van der Waals surface area contributed by atoms with Crippen LogP contribution in [-0.4, -0.2) is 11.5 Å². The van der Waals surface area contributed by atoms with E-state index in [1.807, 2.05) is 6.92 Å². The predicted octanol–water partition coefficient (Wildman–Crippen LogP) is 3.91. The first-order valence-corrected chi connectivity index (χ1v) is 6.76. The van der Waals surface area contributed by atoms with E-state index in [2.05, 4.69) is 10.3 Å². The number of rotatable bonds is 5. The minimum atomic E-state index is -0.396. The van der Waals surface area contributed by atoms with Crippen LogP contribution in [0.4, 0.5) is 8.78 Å². The standard InChI is InChI=1S/C15H15ClF2N2/c1-2-20-15(12-5-6-19-9-14(12)18)7-10-3-4-11(16)8-13(10)17/h3-6,8-9,15,20H,2,7H2,1H3. The summed E-state index contributed by atoms with van der Waals surface area (Å²) in [6, 6.07) is 5.82. The van der Waals surface area contributed by atoms with E-state index in [4.69, 9.17) is 11.6 Å². The minimum Gasteiger partial charge on any atom is -0.310 e. The van der Waals surface area contributed by atoms with Crippen molar-refractivity contribution in [1.29, 1.82) is 0 Å². The van der Waals surface area contributed by atoms with Gasteiger partial charge in [-0.3, -0.25) is 4.98 Å². The summed E-state index contributed by atoms with van der Waals surface area (Å²) in [4.78, 5) is 3.73. The fraction of sp³-hybridized carbons (Fsp3) is 0.267. The molecule has 20 heavy (non-hydrogen) atoms. The van der Waals surface area contributed by atoms with Crippen LogP contribution < -0.4 is 5.32 Å². The lowest BCUT2D eigenvalue weighted by Crippen LogP contribution is -2.24. The molecule has 106 valence electrons. The van der Waals surface area contributed by atoms with E-state index in [1.165, 1.54) is 12.3 Å². The van der Waals surface area contributed by atoms with Crippen molar-refractivity contribution in [1.82, 2.24) is 10.3 Å². The van der Waals surface area contributed by atoms with Crippen molar-refractivity contribution in [3.05, 3.63) is 64.4 Å². The Kier molecular flexibility index (Phi) is 5.04. The van der Waals surface area contributed by atoms with Crippen molar-refractivity contribution in [3.63, 3.8) is 0 Å². The fourth-order valence-electron chi connectivity index (χ4n) is 2.11. The van der Waals surface area contributed by atoms with Gasteiger partial charge < -0.3 is 5.32 Å². The third-order valence-electron chi connectivity index (χ3n) is 3.07. The second-order valence-corrected chi connectivity index (χ2v) is 4.88. The molecule has 0 aliphatic rings. The van der Waals surface area contributed by atoms with Crippen molar-refractivity contribution in [3.8, 4) is 0 Å². The van der Waals surface area contributed by atoms with Crippen molar-refractivity contribution in [2.24, 2.45) is 0 Å². The topological polar surface area (TPSA) is 24.9 Å². The number of nitrogens with one attached hydrogen (secondary N) is 1. The first kappa shape index (κ1) is 14.9. The molecule has 1 atom stereocenters. The summed E-state index contributed by atoms with van der Waals surface area (Å²) in [5.74, 6) is -0.775. The second-order valence-electron chi connectivity index (χ2n) is 4.45. The molecule has 2 aromatic rings. The average molecular weight is 297 g/mol. The van der Waals surface area contributed by atoms with E-state index in [0.717, 1.165) is 6.20 Å². The van der Waals surface area contributed by atoms with E-state index >= 15 is 0 Å². The van der Waals surface area contributed by atoms with Gasteiger partial charge in [0.1, 0.15) is 11.6 Å². The number of hydrogen-bond acceptors (Lipinski definition) is 2. The van der Waals surface area contributed by atoms with E-state index < -0.39 is 5.82 Å². The smallest absolute Gasteiger partial charge is 0.146 e. The lowest BCUT2D eigenvalue weighted by molar-refractivity contribution is 0.496. The summed E-state index contributed by atoms with van der Waals surface area (Å²) in [6.45, 7) is 2.58. The Morgan fingerprint density at radius 2 is 2.05 bits per heavy atom. The number of benzene rings is 1. The van der Waals surface area contributed by atoms with E-state index in [0.29, 0.717) is 29.1 Å². The highest BCUT2D eigenvalue weighted by molar-refractivity contribution is 6.30. The number of likely N-dealkylation sites (N-methyl/N-ethyl adjacent to an activating group) is 1. The molecule has 0 saturated carbocycles. The van der Waals surface area contributed by atoms with Gasteiger partial charge in [-0.25, -0.2) is 8.78 Å². The molecular weight excluding hydrogens is 282 g/mol. The first-order valence-electron chi connectivity index (χ1n) is 6.38. The van der Waals surface area contributed by atoms with Crippen molar-refractivity contribution >= 4 is 11.6 Å². The van der Waals surface area contributed by atoms with Crippen LogP contribution in [0.2, 0.25) is 5.02 Å². The van der Waals surface area contributed by atoms with Crippen molar-refractivity contribution in [2.75, 3.05) is 6.54 Å². The Hall–Kier alpha value is -1.52. The van der Waals surface area contributed by atoms with Crippen LogP contribution in [0.15, 0.2) is 36.7 Å². The SMILES string of the molecule is CCNC(Cc1ccc(Cl)cc1F)c1ccncc1F. The maximum atomic E-state index is 13.8. The van der Waals surface area contributed by atoms with Crippen LogP contribution in [-0.2, 0) is 6.42 Å². The summed E-state index contributed by atoms with van der Waals surface area (Å²) >= 11 is 5.73. The summed E-state index contributed by atoms with van der Waals surface area (Å²) in [5, 5.41) is 3.51. The van der Waals surface area contributed by atoms with Gasteiger partial charge in [0, 0.05) is 22.8 Å². The Bertz CT molecular complexity index is 590. The largest absolute Gasteiger partial charge is 0.310 e. The highest BCUT2D eigenvalue weighted by Crippen LogP contribution is 2.23. The van der Waals surface area contributed by atoms with E-state index in [-0.39, 0.29) is 11.9 Å². The molecule has 0 saturated heterocycles. The molecule has 1 heterocycles. The molecule has 0 bridgehead atoms. The van der Waals surface area contributed by atoms with Gasteiger partial charge in [-0.2, -0.15) is 0 Å². The van der Waals surface area contributed by atoms with Gasteiger partial charge in [-0.05, 0) is 36.7 Å². The van der Waals surface area contributed by atoms with Crippen LogP contribution in [0, 0.1) is 11.6 Å². The number of halogens is 3. The molecule has 0 amide bonds. The van der Waals surface area contributed by atoms with Gasteiger partial charge in [-0.15, -0.1) is 0 Å². The lowest BCUT2D eigenvalue weighted by Gasteiger charge is -2.19. The summed E-state index contributed by atoms with van der Waals surface area (Å²) in [7, 11) is 0. The van der Waals surface area contributed by atoms with E-state index in [9.17, 15) is 8.78 Å². The molecule has 0 aliphatic carbocycles. The van der Waals surface area contributed by atoms with Crippen molar-refractivity contribution in [2.45, 2.75) is 19.4 Å². The average Bonchev–Trinajstić information content (AvgIpc) is 2.42. The highest BCUT2D eigenvalue weighted by Gasteiger charge is 2.17. The van der Waals surface area contributed by atoms with Gasteiger partial charge in [-0.1, -0.05) is 24.6 Å². The fourth-order valence-corrected chi connectivity index (χ4v) is 2.27. The van der Waals surface area contributed by atoms with Crippen LogP contribution in [0.5, 0.6) is 0 Å². The normalized spacial score (nSPS) is 12.4. The number of nitrogens with zero attached hydrogens (tertiary/aromatic N) is 1. The molecule has 1 N–H and O–H groups in total. The molecule has 0 radical (unpaired) electrons. The third kappa shape index (κ3) is 3.52. The Morgan fingerprint density at radius 1 is 1.25 bits per heavy atom. The third-order valence-corrected chi connectivity index (χ3v) is 3.30. The molecule has 2 rings (SSSR count). The zero-order chi connectivity index (χ0) is 14.5. The Balaban J connectivity index is 2.28. The van der Waals surface area contributed by atoms with Crippen LogP contribution in [0.1, 0.15) is 24.1 Å². The maximum absolute atomic E-state index is 13.8. The van der Waals surface area contributed by atoms with Gasteiger partial charge in [0.2, 0.25) is 0 Å². The van der Waals surface area contributed by atoms with Gasteiger partial charge >= 0.3 is 0 Å². The maximum Gasteiger partial charge on any atom is 0.146 e. The van der Waals surface area contributed by atoms with Gasteiger partial charge in [0.15, 0.2) is 0 Å². The summed E-state index contributed by atoms with van der Waals surface area (Å²) < 4.78 is 27.7. The van der Waals surface area contributed by atoms with Crippen LogP contribution in [0.3, 0.4) is 0 Å². The van der Waals surface area contributed by atoms with Crippen LogP contribution in [0.25, 0.3) is 0 Å². The molecule has 1 unspecified atom stereocenters. The zero-order valence-corrected chi connectivity index (χ0v) is 11.8. The molecule has 0 spiro atoms. The first-order chi connectivity index (χ1) is 9.61. The molecular formula is C15H15ClF2N2. The molecule has 2 nitrogen and oxygen atoms in total. The zero-order valence-electron chi connectivity index (χ0n) is 11.0. The van der Waals surface area contributed by atoms with Gasteiger partial charge in [0.25, 0.3) is 0 Å². The Labute approximate surface area is 121 Å². The molecule has 5 heteroatoms. The number of pyridine rings is 1. The van der Waals surface area contributed by atoms with E-state index in [1.54, 1.807) is 18.2 Å². The molecule has 1 aromatic heterocycles. The Morgan fingerprint density at radius 3 is 2.70 bits per heavy atom. The predicted molar refractivity (Wildman–Crippen MR) is 75.7 cm³/mol. The minimum absolute atomic E-state index is 0.307. The molecule has 0 fully saturated rings. The van der Waals surface area contributed by atoms with Gasteiger partial charge in [0.05, 0.1) is 6.20 Å². The highest BCUT2D eigenvalue weighted by atomic mass is 35.5. The lowest BCUT2D eigenvalue weighted by atomic mass is 9.99. The number of aromatic nitrogens is 1. The van der Waals surface area contributed by atoms with Crippen molar-refractivity contribution < 1.29 is 8.78 Å². The molecule has 0 aliphatic heterocycles. The summed E-state index contributed by atoms with van der Waals surface area (Å²) in [6.07, 6.45) is 3.04. The monoisotopic (exact) mass is 296 g/mol. The second kappa shape index (κ2) is 6.77. The van der Waals surface area contributed by atoms with Crippen LogP contribution >= 0.6 is 11.6 Å². The molecule has 1 aromatic carbocycles. The quantitative estimate of drug-likeness (QED) is 0.905.